The van der Waals surface area contributed by atoms with E-state index in [1.807, 2.05) is 0 Å². The standard InChI is InChI=1S/C13H22N2O10/c16-7-9(17)8-25-13(24)6-15(5-12(22)23)2-1-14(3-10(18)19)4-11(20)21/h9,16-17H,1-8H2,(H,18,19)(H,20,21)(H,22,23). The second-order valence-corrected chi connectivity index (χ2v) is 5.12. The first-order valence-electron chi connectivity index (χ1n) is 7.18. The van der Waals surface area contributed by atoms with Gasteiger partial charge in [-0.1, -0.05) is 0 Å². The second kappa shape index (κ2) is 12.1. The van der Waals surface area contributed by atoms with Crippen LogP contribution in [0, 0.1) is 0 Å². The molecule has 0 heterocycles. The minimum absolute atomic E-state index is 0.0927. The highest BCUT2D eigenvalue weighted by atomic mass is 16.5. The first kappa shape index (κ1) is 22.7. The van der Waals surface area contributed by atoms with Crippen LogP contribution in [0.15, 0.2) is 0 Å². The minimum atomic E-state index is -1.25. The molecule has 0 spiro atoms. The van der Waals surface area contributed by atoms with Crippen LogP contribution in [0.5, 0.6) is 0 Å². The van der Waals surface area contributed by atoms with Gasteiger partial charge in [0.25, 0.3) is 0 Å². The average Bonchev–Trinajstić information content (AvgIpc) is 2.48. The summed E-state index contributed by atoms with van der Waals surface area (Å²) in [5.41, 5.74) is 0. The molecule has 12 nitrogen and oxygen atoms in total. The number of carbonyl (C=O) groups excluding carboxylic acids is 1. The molecular weight excluding hydrogens is 344 g/mol. The van der Waals surface area contributed by atoms with E-state index < -0.39 is 69.4 Å². The summed E-state index contributed by atoms with van der Waals surface area (Å²) in [4.78, 5) is 46.1. The molecule has 0 amide bonds. The van der Waals surface area contributed by atoms with Crippen molar-refractivity contribution in [2.45, 2.75) is 6.10 Å². The maximum Gasteiger partial charge on any atom is 0.320 e. The first-order valence-corrected chi connectivity index (χ1v) is 7.18. The van der Waals surface area contributed by atoms with Crippen molar-refractivity contribution in [1.29, 1.82) is 0 Å². The van der Waals surface area contributed by atoms with Crippen molar-refractivity contribution in [2.75, 3.05) is 52.5 Å². The van der Waals surface area contributed by atoms with Gasteiger partial charge in [-0.3, -0.25) is 29.0 Å². The first-order chi connectivity index (χ1) is 11.6. The van der Waals surface area contributed by atoms with Gasteiger partial charge in [0.15, 0.2) is 0 Å². The van der Waals surface area contributed by atoms with Crippen LogP contribution in [0.2, 0.25) is 0 Å². The Morgan fingerprint density at radius 3 is 1.56 bits per heavy atom. The number of hydrogen-bond acceptors (Lipinski definition) is 9. The molecule has 0 saturated heterocycles. The van der Waals surface area contributed by atoms with E-state index in [-0.39, 0.29) is 13.1 Å². The van der Waals surface area contributed by atoms with Crippen molar-refractivity contribution in [3.63, 3.8) is 0 Å². The largest absolute Gasteiger partial charge is 0.480 e. The molecule has 0 bridgehead atoms. The van der Waals surface area contributed by atoms with Crippen LogP contribution in [0.3, 0.4) is 0 Å². The van der Waals surface area contributed by atoms with Crippen LogP contribution in [0.25, 0.3) is 0 Å². The zero-order valence-corrected chi connectivity index (χ0v) is 13.4. The van der Waals surface area contributed by atoms with Crippen molar-refractivity contribution in [1.82, 2.24) is 9.80 Å². The van der Waals surface area contributed by atoms with Gasteiger partial charge in [0.1, 0.15) is 12.7 Å². The summed E-state index contributed by atoms with van der Waals surface area (Å²) in [6, 6.07) is 0. The lowest BCUT2D eigenvalue weighted by Crippen LogP contribution is -2.43. The molecule has 0 aromatic carbocycles. The molecule has 144 valence electrons. The number of nitrogens with zero attached hydrogens (tertiary/aromatic N) is 2. The molecule has 0 aliphatic rings. The number of ether oxygens (including phenoxy) is 1. The number of rotatable bonds is 14. The Kier molecular flexibility index (Phi) is 11.0. The molecule has 1 atom stereocenters. The summed E-state index contributed by atoms with van der Waals surface area (Å²) >= 11 is 0. The summed E-state index contributed by atoms with van der Waals surface area (Å²) in [7, 11) is 0. The average molecular weight is 366 g/mol. The predicted molar refractivity (Wildman–Crippen MR) is 79.8 cm³/mol. The summed E-state index contributed by atoms with van der Waals surface area (Å²) in [6.07, 6.45) is -1.25. The lowest BCUT2D eigenvalue weighted by Gasteiger charge is -2.24. The molecule has 5 N–H and O–H groups in total. The van der Waals surface area contributed by atoms with Crippen LogP contribution in [-0.4, -0.2) is 118 Å². The van der Waals surface area contributed by atoms with Crippen molar-refractivity contribution < 1.29 is 49.4 Å². The third-order valence-electron chi connectivity index (χ3n) is 2.81. The maximum absolute atomic E-state index is 11.6. The number of esters is 1. The highest BCUT2D eigenvalue weighted by Gasteiger charge is 2.19. The number of carboxylic acid groups (broad SMARTS) is 3. The zero-order chi connectivity index (χ0) is 19.4. The van der Waals surface area contributed by atoms with E-state index in [9.17, 15) is 19.2 Å². The van der Waals surface area contributed by atoms with Crippen molar-refractivity contribution >= 4 is 23.9 Å². The van der Waals surface area contributed by atoms with Gasteiger partial charge in [0, 0.05) is 13.1 Å². The highest BCUT2D eigenvalue weighted by Crippen LogP contribution is 1.96. The molecule has 0 aliphatic carbocycles. The number of aliphatic hydroxyl groups is 2. The lowest BCUT2D eigenvalue weighted by molar-refractivity contribution is -0.150. The van der Waals surface area contributed by atoms with E-state index in [4.69, 9.17) is 25.5 Å². The maximum atomic E-state index is 11.6. The molecule has 0 aromatic heterocycles. The van der Waals surface area contributed by atoms with Crippen LogP contribution in [-0.2, 0) is 23.9 Å². The monoisotopic (exact) mass is 366 g/mol. The Bertz CT molecular complexity index is 454. The van der Waals surface area contributed by atoms with E-state index in [1.54, 1.807) is 0 Å². The SMILES string of the molecule is O=C(O)CN(CCN(CC(=O)O)CC(=O)OCC(O)CO)CC(=O)O. The molecule has 0 fully saturated rings. The van der Waals surface area contributed by atoms with Gasteiger partial charge >= 0.3 is 23.9 Å². The molecule has 25 heavy (non-hydrogen) atoms. The van der Waals surface area contributed by atoms with Gasteiger partial charge < -0.3 is 30.3 Å². The molecule has 1 unspecified atom stereocenters. The Balaban J connectivity index is 4.62. The quantitative estimate of drug-likeness (QED) is 0.194. The zero-order valence-electron chi connectivity index (χ0n) is 13.4. The Morgan fingerprint density at radius 2 is 1.20 bits per heavy atom. The van der Waals surface area contributed by atoms with Crippen LogP contribution < -0.4 is 0 Å². The van der Waals surface area contributed by atoms with Gasteiger partial charge in [0.05, 0.1) is 32.8 Å². The van der Waals surface area contributed by atoms with Crippen molar-refractivity contribution in [2.24, 2.45) is 0 Å². The molecule has 12 heteroatoms. The van der Waals surface area contributed by atoms with Gasteiger partial charge in [-0.2, -0.15) is 0 Å². The Labute approximate surface area is 142 Å². The van der Waals surface area contributed by atoms with Gasteiger partial charge in [-0.25, -0.2) is 0 Å². The molecule has 0 aliphatic heterocycles. The topological polar surface area (TPSA) is 185 Å². The number of carbonyl (C=O) groups is 4. The minimum Gasteiger partial charge on any atom is -0.480 e. The van der Waals surface area contributed by atoms with E-state index in [0.29, 0.717) is 0 Å². The van der Waals surface area contributed by atoms with E-state index in [2.05, 4.69) is 4.74 Å². The van der Waals surface area contributed by atoms with Crippen molar-refractivity contribution in [3.8, 4) is 0 Å². The predicted octanol–water partition coefficient (Wildman–Crippen LogP) is -3.26. The molecule has 0 saturated carbocycles. The Hall–Kier alpha value is -2.28. The van der Waals surface area contributed by atoms with E-state index in [1.165, 1.54) is 0 Å². The van der Waals surface area contributed by atoms with Crippen LogP contribution in [0.1, 0.15) is 0 Å². The fourth-order valence-corrected chi connectivity index (χ4v) is 1.75. The summed E-state index contributed by atoms with van der Waals surface area (Å²) in [6.45, 7) is -3.38. The van der Waals surface area contributed by atoms with Gasteiger partial charge in [0.2, 0.25) is 0 Å². The number of hydrogen-bond donors (Lipinski definition) is 5. The summed E-state index contributed by atoms with van der Waals surface area (Å²) in [5.74, 6) is -4.59. The van der Waals surface area contributed by atoms with E-state index in [0.717, 1.165) is 9.80 Å². The fourth-order valence-electron chi connectivity index (χ4n) is 1.75. The molecule has 0 rings (SSSR count). The lowest BCUT2D eigenvalue weighted by atomic mass is 10.3. The molecule has 0 aromatic rings. The van der Waals surface area contributed by atoms with Crippen molar-refractivity contribution in [3.05, 3.63) is 0 Å². The third kappa shape index (κ3) is 12.8. The molecular formula is C13H22N2O10. The smallest absolute Gasteiger partial charge is 0.320 e. The fraction of sp³-hybridized carbons (Fsp3) is 0.692. The van der Waals surface area contributed by atoms with Gasteiger partial charge in [-0.15, -0.1) is 0 Å². The summed E-state index contributed by atoms with van der Waals surface area (Å²) < 4.78 is 4.66. The van der Waals surface area contributed by atoms with Gasteiger partial charge in [-0.05, 0) is 0 Å². The normalized spacial score (nSPS) is 12.2. The van der Waals surface area contributed by atoms with Crippen LogP contribution >= 0.6 is 0 Å². The number of aliphatic carboxylic acids is 3. The Morgan fingerprint density at radius 1 is 0.800 bits per heavy atom. The molecule has 0 radical (unpaired) electrons. The third-order valence-corrected chi connectivity index (χ3v) is 2.81. The summed E-state index contributed by atoms with van der Waals surface area (Å²) in [5, 5.41) is 44.0. The van der Waals surface area contributed by atoms with E-state index >= 15 is 0 Å². The number of carboxylic acids is 3. The second-order valence-electron chi connectivity index (χ2n) is 5.12. The highest BCUT2D eigenvalue weighted by molar-refractivity contribution is 5.74. The van der Waals surface area contributed by atoms with Crippen LogP contribution in [0.4, 0.5) is 0 Å². The number of aliphatic hydroxyl groups excluding tert-OH is 2.